The van der Waals surface area contributed by atoms with Crippen LogP contribution in [0, 0.1) is 6.92 Å². The molecule has 2 aliphatic carbocycles. The summed E-state index contributed by atoms with van der Waals surface area (Å²) in [5, 5.41) is 0. The van der Waals surface area contributed by atoms with Crippen molar-refractivity contribution in [3.05, 3.63) is 71.7 Å². The van der Waals surface area contributed by atoms with Gasteiger partial charge in [-0.2, -0.15) is 0 Å². The molecule has 2 nitrogen and oxygen atoms in total. The third kappa shape index (κ3) is 1.97. The average Bonchev–Trinajstić information content (AvgIpc) is 3.21. The molecule has 2 aliphatic rings. The Hall–Kier alpha value is -2.48. The Kier molecular flexibility index (Phi) is 3.12. The second-order valence-electron chi connectivity index (χ2n) is 7.60. The van der Waals surface area contributed by atoms with Crippen LogP contribution in [0.2, 0.25) is 0 Å². The van der Waals surface area contributed by atoms with E-state index in [0.717, 1.165) is 0 Å². The Bertz CT molecular complexity index is 981. The minimum absolute atomic E-state index is 0.141. The van der Waals surface area contributed by atoms with Gasteiger partial charge in [0.05, 0.1) is 5.69 Å². The summed E-state index contributed by atoms with van der Waals surface area (Å²) in [5.74, 6) is 0. The Balaban J connectivity index is 1.80. The van der Waals surface area contributed by atoms with Crippen molar-refractivity contribution in [1.82, 2.24) is 4.98 Å². The van der Waals surface area contributed by atoms with Crippen LogP contribution in [0.15, 0.2) is 54.9 Å². The van der Waals surface area contributed by atoms with Gasteiger partial charge in [0.2, 0.25) is 5.69 Å². The molecule has 1 saturated carbocycles. The van der Waals surface area contributed by atoms with Crippen molar-refractivity contribution < 1.29 is 4.57 Å². The molecule has 2 heteroatoms. The number of aryl methyl sites for hydroxylation is 2. The van der Waals surface area contributed by atoms with E-state index in [-0.39, 0.29) is 5.41 Å². The fourth-order valence-electron chi connectivity index (χ4n) is 5.02. The number of fused-ring (bicyclic) bond motifs is 5. The van der Waals surface area contributed by atoms with E-state index in [4.69, 9.17) is 4.98 Å². The van der Waals surface area contributed by atoms with Gasteiger partial charge in [0.1, 0.15) is 7.05 Å². The first-order chi connectivity index (χ1) is 12.2. The number of rotatable bonds is 1. The van der Waals surface area contributed by atoms with Crippen LogP contribution in [0.5, 0.6) is 0 Å². The monoisotopic (exact) mass is 327 g/mol. The molecule has 0 amide bonds. The number of hydrogen-bond acceptors (Lipinski definition) is 1. The second kappa shape index (κ2) is 5.26. The molecule has 25 heavy (non-hydrogen) atoms. The molecular weight excluding hydrogens is 304 g/mol. The molecule has 0 N–H and O–H groups in total. The zero-order valence-corrected chi connectivity index (χ0v) is 14.9. The zero-order valence-electron chi connectivity index (χ0n) is 14.9. The number of pyridine rings is 2. The van der Waals surface area contributed by atoms with Crippen LogP contribution in [0.25, 0.3) is 22.4 Å². The summed E-state index contributed by atoms with van der Waals surface area (Å²) in [5.41, 5.74) is 9.68. The predicted molar refractivity (Wildman–Crippen MR) is 100 cm³/mol. The molecule has 0 saturated heterocycles. The lowest BCUT2D eigenvalue weighted by Crippen LogP contribution is -2.30. The molecule has 2 aromatic heterocycles. The SMILES string of the molecule is Cc1cc2c(cc1-c1cccc[n+]1C)C1(CCCC1)c1ncccc1-2. The summed E-state index contributed by atoms with van der Waals surface area (Å²) in [4.78, 5) is 4.85. The summed E-state index contributed by atoms with van der Waals surface area (Å²) < 4.78 is 2.22. The second-order valence-corrected chi connectivity index (χ2v) is 7.60. The van der Waals surface area contributed by atoms with E-state index in [1.54, 1.807) is 0 Å². The van der Waals surface area contributed by atoms with Gasteiger partial charge in [-0.05, 0) is 54.7 Å². The lowest BCUT2D eigenvalue weighted by Gasteiger charge is -2.25. The van der Waals surface area contributed by atoms with E-state index >= 15 is 0 Å². The first kappa shape index (κ1) is 14.8. The summed E-state index contributed by atoms with van der Waals surface area (Å²) in [7, 11) is 2.13. The molecule has 1 fully saturated rings. The van der Waals surface area contributed by atoms with Crippen LogP contribution >= 0.6 is 0 Å². The molecule has 3 aromatic rings. The topological polar surface area (TPSA) is 16.8 Å². The van der Waals surface area contributed by atoms with Gasteiger partial charge in [0.25, 0.3) is 0 Å². The molecular formula is C23H23N2+. The third-order valence-electron chi connectivity index (χ3n) is 6.22. The fourth-order valence-corrected chi connectivity index (χ4v) is 5.02. The number of benzene rings is 1. The van der Waals surface area contributed by atoms with Crippen molar-refractivity contribution in [1.29, 1.82) is 0 Å². The molecule has 1 spiro atoms. The van der Waals surface area contributed by atoms with E-state index in [9.17, 15) is 0 Å². The Morgan fingerprint density at radius 3 is 2.60 bits per heavy atom. The highest BCUT2D eigenvalue weighted by atomic mass is 14.9. The minimum atomic E-state index is 0.141. The van der Waals surface area contributed by atoms with Crippen LogP contribution in [-0.2, 0) is 12.5 Å². The average molecular weight is 327 g/mol. The van der Waals surface area contributed by atoms with Gasteiger partial charge in [-0.15, -0.1) is 0 Å². The van der Waals surface area contributed by atoms with Crippen molar-refractivity contribution in [3.8, 4) is 22.4 Å². The van der Waals surface area contributed by atoms with Crippen LogP contribution in [0.4, 0.5) is 0 Å². The minimum Gasteiger partial charge on any atom is -0.260 e. The molecule has 0 atom stereocenters. The molecule has 2 heterocycles. The highest BCUT2D eigenvalue weighted by molar-refractivity contribution is 5.83. The maximum Gasteiger partial charge on any atom is 0.212 e. The predicted octanol–water partition coefficient (Wildman–Crippen LogP) is 4.72. The van der Waals surface area contributed by atoms with Gasteiger partial charge >= 0.3 is 0 Å². The standard InChI is InChI=1S/C23H23N2/c1-16-14-19-17-8-7-12-24-22(17)23(10-4-5-11-23)20(19)15-18(16)21-9-3-6-13-25(21)2/h3,6-9,12-15H,4-5,10-11H2,1-2H3/q+1. The lowest BCUT2D eigenvalue weighted by molar-refractivity contribution is -0.660. The van der Waals surface area contributed by atoms with Gasteiger partial charge in [0, 0.05) is 34.9 Å². The van der Waals surface area contributed by atoms with Gasteiger partial charge in [0.15, 0.2) is 6.20 Å². The van der Waals surface area contributed by atoms with E-state index in [2.05, 4.69) is 67.2 Å². The normalized spacial score (nSPS) is 16.9. The van der Waals surface area contributed by atoms with Crippen molar-refractivity contribution >= 4 is 0 Å². The van der Waals surface area contributed by atoms with E-state index in [1.807, 2.05) is 6.20 Å². The maximum absolute atomic E-state index is 4.85. The molecule has 0 bridgehead atoms. The Labute approximate surface area is 149 Å². The summed E-state index contributed by atoms with van der Waals surface area (Å²) in [6.07, 6.45) is 9.16. The molecule has 0 aliphatic heterocycles. The van der Waals surface area contributed by atoms with Crippen molar-refractivity contribution in [3.63, 3.8) is 0 Å². The van der Waals surface area contributed by atoms with Gasteiger partial charge in [-0.25, -0.2) is 4.57 Å². The van der Waals surface area contributed by atoms with E-state index in [1.165, 1.54) is 64.9 Å². The quantitative estimate of drug-likeness (QED) is 0.591. The number of aromatic nitrogens is 2. The van der Waals surface area contributed by atoms with Crippen LogP contribution in [-0.4, -0.2) is 4.98 Å². The fraction of sp³-hybridized carbons (Fsp3) is 0.304. The molecule has 124 valence electrons. The maximum atomic E-state index is 4.85. The molecule has 1 aromatic carbocycles. The number of nitrogens with zero attached hydrogens (tertiary/aromatic N) is 2. The van der Waals surface area contributed by atoms with Crippen molar-refractivity contribution in [2.45, 2.75) is 38.0 Å². The first-order valence-electron chi connectivity index (χ1n) is 9.27. The van der Waals surface area contributed by atoms with Gasteiger partial charge < -0.3 is 0 Å². The van der Waals surface area contributed by atoms with Crippen LogP contribution in [0.3, 0.4) is 0 Å². The largest absolute Gasteiger partial charge is 0.260 e. The summed E-state index contributed by atoms with van der Waals surface area (Å²) >= 11 is 0. The third-order valence-corrected chi connectivity index (χ3v) is 6.22. The molecule has 0 unspecified atom stereocenters. The van der Waals surface area contributed by atoms with E-state index in [0.29, 0.717) is 0 Å². The molecule has 5 rings (SSSR count). The first-order valence-corrected chi connectivity index (χ1v) is 9.27. The zero-order chi connectivity index (χ0) is 17.0. The van der Waals surface area contributed by atoms with Crippen molar-refractivity contribution in [2.24, 2.45) is 7.05 Å². The van der Waals surface area contributed by atoms with Crippen LogP contribution in [0.1, 0.15) is 42.5 Å². The lowest BCUT2D eigenvalue weighted by atomic mass is 9.78. The van der Waals surface area contributed by atoms with Crippen LogP contribution < -0.4 is 4.57 Å². The van der Waals surface area contributed by atoms with Crippen molar-refractivity contribution in [2.75, 3.05) is 0 Å². The number of hydrogen-bond donors (Lipinski definition) is 0. The Morgan fingerprint density at radius 1 is 0.960 bits per heavy atom. The summed E-state index contributed by atoms with van der Waals surface area (Å²) in [6.45, 7) is 2.23. The summed E-state index contributed by atoms with van der Waals surface area (Å²) in [6, 6.07) is 15.6. The smallest absolute Gasteiger partial charge is 0.212 e. The van der Waals surface area contributed by atoms with Gasteiger partial charge in [-0.1, -0.05) is 25.0 Å². The highest BCUT2D eigenvalue weighted by Crippen LogP contribution is 2.56. The van der Waals surface area contributed by atoms with Gasteiger partial charge in [-0.3, -0.25) is 4.98 Å². The molecule has 0 radical (unpaired) electrons. The Morgan fingerprint density at radius 2 is 1.80 bits per heavy atom. The highest BCUT2D eigenvalue weighted by Gasteiger charge is 2.46. The van der Waals surface area contributed by atoms with E-state index < -0.39 is 0 Å².